The van der Waals surface area contributed by atoms with Crippen LogP contribution in [0, 0.1) is 40.7 Å². The maximum absolute atomic E-state index is 16.5. The van der Waals surface area contributed by atoms with Crippen LogP contribution < -0.4 is 15.0 Å². The number of benzene rings is 2. The van der Waals surface area contributed by atoms with Crippen LogP contribution in [-0.2, 0) is 9.59 Å². The number of ether oxygens (including phenoxy) is 1. The van der Waals surface area contributed by atoms with Crippen LogP contribution in [0.15, 0.2) is 36.9 Å². The second kappa shape index (κ2) is 15.0. The number of hydrogen-bond donors (Lipinski definition) is 2. The SMILES string of the molecule is C=CC(=O)N1C[C@H](C)N(c2nc(OCCCNC(=O)[C@H](C)CCC34CC5CC(CC(C5)C3)C4)nc3c(F)c(-c4c(O)cccc4F)c(Cl)cc23)C[C@H]1C. The number of phenolic OH excluding ortho intramolecular Hbond substituents is 1. The Morgan fingerprint density at radius 2 is 1.79 bits per heavy atom. The first-order valence-corrected chi connectivity index (χ1v) is 19.5. The van der Waals surface area contributed by atoms with Gasteiger partial charge in [-0.05, 0) is 119 Å². The van der Waals surface area contributed by atoms with E-state index in [9.17, 15) is 19.1 Å². The second-order valence-corrected chi connectivity index (χ2v) is 16.7. The normalized spacial score (nSPS) is 26.9. The molecule has 0 radical (unpaired) electrons. The van der Waals surface area contributed by atoms with Crippen LogP contribution in [0.1, 0.15) is 78.6 Å². The van der Waals surface area contributed by atoms with Crippen molar-refractivity contribution in [2.24, 2.45) is 29.1 Å². The molecule has 53 heavy (non-hydrogen) atoms. The molecule has 2 heterocycles. The lowest BCUT2D eigenvalue weighted by atomic mass is 9.48. The molecule has 2 N–H and O–H groups in total. The van der Waals surface area contributed by atoms with Crippen molar-refractivity contribution in [3.63, 3.8) is 0 Å². The molecule has 8 rings (SSSR count). The second-order valence-electron chi connectivity index (χ2n) is 16.3. The van der Waals surface area contributed by atoms with E-state index in [-0.39, 0.29) is 69.5 Å². The van der Waals surface area contributed by atoms with E-state index in [4.69, 9.17) is 21.3 Å². The average molecular weight is 750 g/mol. The van der Waals surface area contributed by atoms with Gasteiger partial charge in [0, 0.05) is 48.6 Å². The Kier molecular flexibility index (Phi) is 10.6. The fourth-order valence-electron chi connectivity index (χ4n) is 10.2. The fourth-order valence-corrected chi connectivity index (χ4v) is 10.4. The van der Waals surface area contributed by atoms with Crippen molar-refractivity contribution < 1.29 is 28.2 Å². The Labute approximate surface area is 315 Å². The molecule has 12 heteroatoms. The zero-order valence-corrected chi connectivity index (χ0v) is 31.6. The third-order valence-electron chi connectivity index (χ3n) is 12.4. The molecule has 4 bridgehead atoms. The molecule has 2 amide bonds. The maximum Gasteiger partial charge on any atom is 0.319 e. The van der Waals surface area contributed by atoms with Gasteiger partial charge in [-0.25, -0.2) is 8.78 Å². The van der Waals surface area contributed by atoms with E-state index < -0.39 is 17.4 Å². The first-order chi connectivity index (χ1) is 25.4. The summed E-state index contributed by atoms with van der Waals surface area (Å²) in [5.74, 6) is 0.584. The predicted molar refractivity (Wildman–Crippen MR) is 202 cm³/mol. The van der Waals surface area contributed by atoms with Gasteiger partial charge in [0.2, 0.25) is 11.8 Å². The first-order valence-electron chi connectivity index (χ1n) is 19.1. The summed E-state index contributed by atoms with van der Waals surface area (Å²) in [6, 6.07) is 4.60. The number of piperazine rings is 1. The minimum absolute atomic E-state index is 0.0408. The maximum atomic E-state index is 16.5. The number of aromatic nitrogens is 2. The van der Waals surface area contributed by atoms with E-state index in [0.29, 0.717) is 37.3 Å². The molecule has 1 aliphatic heterocycles. The number of fused-ring (bicyclic) bond motifs is 1. The number of hydrogen-bond acceptors (Lipinski definition) is 7. The van der Waals surface area contributed by atoms with Crippen molar-refractivity contribution in [3.8, 4) is 22.9 Å². The Balaban J connectivity index is 1.06. The number of halogens is 3. The van der Waals surface area contributed by atoms with E-state index >= 15 is 4.39 Å². The van der Waals surface area contributed by atoms with Crippen molar-refractivity contribution in [1.82, 2.24) is 20.2 Å². The molecule has 5 aliphatic rings. The van der Waals surface area contributed by atoms with Gasteiger partial charge in [-0.3, -0.25) is 9.59 Å². The molecule has 5 fully saturated rings. The van der Waals surface area contributed by atoms with Crippen LogP contribution in [0.5, 0.6) is 11.8 Å². The Morgan fingerprint density at radius 1 is 1.09 bits per heavy atom. The van der Waals surface area contributed by atoms with Crippen LogP contribution in [0.3, 0.4) is 0 Å². The molecule has 3 aromatic rings. The van der Waals surface area contributed by atoms with Gasteiger partial charge in [0.1, 0.15) is 22.9 Å². The van der Waals surface area contributed by atoms with Gasteiger partial charge in [0.25, 0.3) is 0 Å². The highest BCUT2D eigenvalue weighted by Gasteiger charge is 2.50. The van der Waals surface area contributed by atoms with Crippen molar-refractivity contribution in [1.29, 1.82) is 0 Å². The number of nitrogens with one attached hydrogen (secondary N) is 1. The third kappa shape index (κ3) is 7.42. The van der Waals surface area contributed by atoms with Crippen molar-refractivity contribution in [2.75, 3.05) is 31.1 Å². The third-order valence-corrected chi connectivity index (χ3v) is 12.7. The number of amides is 2. The van der Waals surface area contributed by atoms with Gasteiger partial charge < -0.3 is 25.0 Å². The van der Waals surface area contributed by atoms with Gasteiger partial charge in [0.15, 0.2) is 5.82 Å². The standard InChI is InChI=1S/C41H50ClF2N5O4/c1-5-33(51)48-21-25(4)49(22-24(48)3)38-29-17-30(42)34(35-31(43)8-6-9-32(35)50)36(44)37(29)46-40(47-38)53-13-7-12-45-39(52)23(2)10-11-41-18-26-14-27(19-41)16-28(15-26)20-41/h5-6,8-9,17,23-28,50H,1,7,10-16,18-22H2,2-4H3,(H,45,52)/t23-,24-,25+,26?,27?,28?,41?/m1/s1. The molecule has 4 saturated carbocycles. The van der Waals surface area contributed by atoms with Crippen molar-refractivity contribution in [2.45, 2.75) is 90.6 Å². The molecule has 3 atom stereocenters. The number of anilines is 1. The van der Waals surface area contributed by atoms with Crippen LogP contribution in [-0.4, -0.2) is 70.1 Å². The van der Waals surface area contributed by atoms with E-state index in [2.05, 4.69) is 16.9 Å². The number of carbonyl (C=O) groups is 2. The number of carbonyl (C=O) groups excluding carboxylic acids is 2. The van der Waals surface area contributed by atoms with Gasteiger partial charge in [-0.15, -0.1) is 0 Å². The fraction of sp³-hybridized carbons (Fsp3) is 0.561. The highest BCUT2D eigenvalue weighted by Crippen LogP contribution is 2.61. The van der Waals surface area contributed by atoms with Gasteiger partial charge in [0.05, 0.1) is 17.2 Å². The van der Waals surface area contributed by atoms with E-state index in [1.807, 2.05) is 25.7 Å². The molecule has 0 spiro atoms. The van der Waals surface area contributed by atoms with Crippen LogP contribution in [0.25, 0.3) is 22.0 Å². The zero-order valence-electron chi connectivity index (χ0n) is 30.8. The predicted octanol–water partition coefficient (Wildman–Crippen LogP) is 8.06. The quantitative estimate of drug-likeness (QED) is 0.143. The Bertz CT molecular complexity index is 1850. The number of aromatic hydroxyl groups is 1. The highest BCUT2D eigenvalue weighted by molar-refractivity contribution is 6.34. The molecule has 4 aliphatic carbocycles. The lowest BCUT2D eigenvalue weighted by Crippen LogP contribution is -2.58. The minimum atomic E-state index is -0.933. The number of rotatable bonds is 12. The summed E-state index contributed by atoms with van der Waals surface area (Å²) in [5, 5.41) is 13.7. The highest BCUT2D eigenvalue weighted by atomic mass is 35.5. The van der Waals surface area contributed by atoms with Crippen LogP contribution in [0.2, 0.25) is 5.02 Å². The van der Waals surface area contributed by atoms with Crippen LogP contribution >= 0.6 is 11.6 Å². The summed E-state index contributed by atoms with van der Waals surface area (Å²) in [6.45, 7) is 10.8. The van der Waals surface area contributed by atoms with E-state index in [1.54, 1.807) is 4.90 Å². The van der Waals surface area contributed by atoms with Gasteiger partial charge in [-0.1, -0.05) is 31.2 Å². The summed E-state index contributed by atoms with van der Waals surface area (Å²) >= 11 is 6.62. The summed E-state index contributed by atoms with van der Waals surface area (Å²) in [6.07, 6.45) is 12.1. The summed E-state index contributed by atoms with van der Waals surface area (Å²) in [7, 11) is 0. The Morgan fingerprint density at radius 3 is 2.45 bits per heavy atom. The summed E-state index contributed by atoms with van der Waals surface area (Å²) in [5.41, 5.74) is -0.407. The molecular weight excluding hydrogens is 700 g/mol. The smallest absolute Gasteiger partial charge is 0.319 e. The lowest BCUT2D eigenvalue weighted by Gasteiger charge is -2.57. The monoisotopic (exact) mass is 749 g/mol. The molecule has 0 unspecified atom stereocenters. The van der Waals surface area contributed by atoms with Crippen LogP contribution in [0.4, 0.5) is 14.6 Å². The van der Waals surface area contributed by atoms with Crippen molar-refractivity contribution in [3.05, 3.63) is 53.6 Å². The van der Waals surface area contributed by atoms with Gasteiger partial charge in [-0.2, -0.15) is 9.97 Å². The first kappa shape index (κ1) is 37.3. The number of nitrogens with zero attached hydrogens (tertiary/aromatic N) is 4. The zero-order chi connectivity index (χ0) is 37.6. The summed E-state index contributed by atoms with van der Waals surface area (Å²) < 4.78 is 37.5. The topological polar surface area (TPSA) is 108 Å². The van der Waals surface area contributed by atoms with E-state index in [0.717, 1.165) is 36.7 Å². The molecule has 9 nitrogen and oxygen atoms in total. The van der Waals surface area contributed by atoms with E-state index in [1.165, 1.54) is 62.8 Å². The minimum Gasteiger partial charge on any atom is -0.507 e. The molecule has 1 aromatic heterocycles. The largest absolute Gasteiger partial charge is 0.507 e. The summed E-state index contributed by atoms with van der Waals surface area (Å²) in [4.78, 5) is 38.4. The van der Waals surface area contributed by atoms with Crippen molar-refractivity contribution >= 4 is 40.1 Å². The number of phenols is 1. The average Bonchev–Trinajstić information content (AvgIpc) is 3.11. The Hall–Kier alpha value is -3.99. The molecule has 284 valence electrons. The van der Waals surface area contributed by atoms with Gasteiger partial charge >= 0.3 is 6.01 Å². The lowest BCUT2D eigenvalue weighted by molar-refractivity contribution is -0.129. The molecule has 2 aromatic carbocycles. The molecular formula is C41H50ClF2N5O4. The molecule has 1 saturated heterocycles.